The third-order valence-electron chi connectivity index (χ3n) is 6.11. The van der Waals surface area contributed by atoms with Gasteiger partial charge < -0.3 is 9.64 Å². The lowest BCUT2D eigenvalue weighted by atomic mass is 9.99. The molecule has 3 amide bonds. The van der Waals surface area contributed by atoms with Crippen LogP contribution in [-0.2, 0) is 16.1 Å². The van der Waals surface area contributed by atoms with E-state index in [-0.39, 0.29) is 29.8 Å². The van der Waals surface area contributed by atoms with Crippen LogP contribution in [0.1, 0.15) is 63.3 Å². The number of imide groups is 1. The normalized spacial score (nSPS) is 17.3. The minimum atomic E-state index is -0.879. The van der Waals surface area contributed by atoms with Crippen LogP contribution >= 0.6 is 0 Å². The smallest absolute Gasteiger partial charge is 0.338 e. The summed E-state index contributed by atoms with van der Waals surface area (Å²) in [6.07, 6.45) is 1.02. The van der Waals surface area contributed by atoms with Crippen molar-refractivity contribution in [2.75, 3.05) is 13.1 Å². The predicted octanol–water partition coefficient (Wildman–Crippen LogP) is 3.29. The first-order valence-corrected chi connectivity index (χ1v) is 10.9. The third kappa shape index (κ3) is 4.28. The number of piperidine rings is 1. The summed E-state index contributed by atoms with van der Waals surface area (Å²) in [7, 11) is 0. The zero-order valence-electron chi connectivity index (χ0n) is 18.2. The molecule has 2 aromatic carbocycles. The first-order valence-electron chi connectivity index (χ1n) is 10.9. The minimum Gasteiger partial charge on any atom is -0.449 e. The first-order chi connectivity index (χ1) is 15.3. The van der Waals surface area contributed by atoms with Gasteiger partial charge in [-0.2, -0.15) is 0 Å². The van der Waals surface area contributed by atoms with Crippen LogP contribution < -0.4 is 0 Å². The maximum atomic E-state index is 12.7. The number of carbonyl (C=O) groups is 4. The molecule has 0 unspecified atom stereocenters. The lowest BCUT2D eigenvalue weighted by Crippen LogP contribution is -2.44. The van der Waals surface area contributed by atoms with E-state index in [1.165, 1.54) is 4.90 Å². The second kappa shape index (κ2) is 8.94. The summed E-state index contributed by atoms with van der Waals surface area (Å²) in [6.45, 7) is 5.16. The maximum Gasteiger partial charge on any atom is 0.338 e. The number of ether oxygens (including phenoxy) is 1. The summed E-state index contributed by atoms with van der Waals surface area (Å²) in [6, 6.07) is 13.3. The fourth-order valence-electron chi connectivity index (χ4n) is 4.13. The fourth-order valence-corrected chi connectivity index (χ4v) is 4.13. The third-order valence-corrected chi connectivity index (χ3v) is 6.11. The summed E-state index contributed by atoms with van der Waals surface area (Å²) in [5.74, 6) is -0.906. The molecule has 0 aliphatic carbocycles. The van der Waals surface area contributed by atoms with Crippen molar-refractivity contribution in [3.8, 4) is 0 Å². The number of likely N-dealkylation sites (tertiary alicyclic amines) is 1. The van der Waals surface area contributed by atoms with Crippen molar-refractivity contribution >= 4 is 23.7 Å². The molecule has 0 saturated carbocycles. The van der Waals surface area contributed by atoms with Gasteiger partial charge in [-0.25, -0.2) is 4.79 Å². The molecule has 0 bridgehead atoms. The monoisotopic (exact) mass is 434 g/mol. The number of esters is 1. The number of rotatable bonds is 5. The molecular formula is C25H26N2O5. The molecule has 2 aliphatic heterocycles. The van der Waals surface area contributed by atoms with Crippen LogP contribution in [0.5, 0.6) is 0 Å². The van der Waals surface area contributed by atoms with Gasteiger partial charge in [0.1, 0.15) is 0 Å². The molecule has 166 valence electrons. The van der Waals surface area contributed by atoms with Crippen molar-refractivity contribution in [3.63, 3.8) is 0 Å². The molecule has 7 nitrogen and oxygen atoms in total. The number of hydrogen-bond acceptors (Lipinski definition) is 5. The van der Waals surface area contributed by atoms with Crippen molar-refractivity contribution in [3.05, 3.63) is 70.8 Å². The summed E-state index contributed by atoms with van der Waals surface area (Å²) in [5, 5.41) is 0. The topological polar surface area (TPSA) is 84.0 Å². The Kier molecular flexibility index (Phi) is 6.08. The van der Waals surface area contributed by atoms with E-state index >= 15 is 0 Å². The zero-order valence-corrected chi connectivity index (χ0v) is 18.2. The largest absolute Gasteiger partial charge is 0.449 e. The van der Waals surface area contributed by atoms with Crippen LogP contribution in [-0.4, -0.2) is 52.7 Å². The van der Waals surface area contributed by atoms with Crippen molar-refractivity contribution in [2.45, 2.75) is 39.3 Å². The van der Waals surface area contributed by atoms with E-state index in [0.29, 0.717) is 35.7 Å². The molecule has 1 saturated heterocycles. The van der Waals surface area contributed by atoms with Crippen LogP contribution in [0.2, 0.25) is 0 Å². The van der Waals surface area contributed by atoms with E-state index in [0.717, 1.165) is 12.8 Å². The fraction of sp³-hybridized carbons (Fsp3) is 0.360. The Morgan fingerprint density at radius 3 is 2.25 bits per heavy atom. The average molecular weight is 434 g/mol. The molecule has 7 heteroatoms. The molecular weight excluding hydrogens is 408 g/mol. The van der Waals surface area contributed by atoms with E-state index in [2.05, 4.69) is 6.92 Å². The Bertz CT molecular complexity index is 1040. The average Bonchev–Trinajstić information content (AvgIpc) is 3.04. The summed E-state index contributed by atoms with van der Waals surface area (Å²) in [5.41, 5.74) is 1.66. The number of benzene rings is 2. The highest BCUT2D eigenvalue weighted by molar-refractivity contribution is 6.21. The maximum absolute atomic E-state index is 12.7. The molecule has 4 rings (SSSR count). The SMILES string of the molecule is CC1CCN(C(=O)[C@H](C)OC(=O)c2cccc(CN3C(=O)c4ccccc4C3=O)c2)CC1. The zero-order chi connectivity index (χ0) is 22.8. The van der Waals surface area contributed by atoms with Gasteiger partial charge in [-0.1, -0.05) is 31.2 Å². The van der Waals surface area contributed by atoms with E-state index < -0.39 is 12.1 Å². The van der Waals surface area contributed by atoms with E-state index in [1.54, 1.807) is 60.4 Å². The van der Waals surface area contributed by atoms with Crippen LogP contribution in [0.25, 0.3) is 0 Å². The van der Waals surface area contributed by atoms with Crippen molar-refractivity contribution in [1.29, 1.82) is 0 Å². The minimum absolute atomic E-state index is 0.0495. The Morgan fingerprint density at radius 2 is 1.62 bits per heavy atom. The number of amides is 3. The van der Waals surface area contributed by atoms with Gasteiger partial charge in [-0.15, -0.1) is 0 Å². The number of nitrogens with zero attached hydrogens (tertiary/aromatic N) is 2. The lowest BCUT2D eigenvalue weighted by molar-refractivity contribution is -0.141. The van der Waals surface area contributed by atoms with Gasteiger partial charge >= 0.3 is 5.97 Å². The lowest BCUT2D eigenvalue weighted by Gasteiger charge is -2.31. The van der Waals surface area contributed by atoms with Crippen LogP contribution in [0.15, 0.2) is 48.5 Å². The van der Waals surface area contributed by atoms with E-state index in [4.69, 9.17) is 4.74 Å². The van der Waals surface area contributed by atoms with Crippen molar-refractivity contribution in [2.24, 2.45) is 5.92 Å². The quantitative estimate of drug-likeness (QED) is 0.533. The van der Waals surface area contributed by atoms with Gasteiger partial charge in [-0.3, -0.25) is 19.3 Å². The van der Waals surface area contributed by atoms with E-state index in [1.807, 2.05) is 0 Å². The van der Waals surface area contributed by atoms with Gasteiger partial charge in [-0.05, 0) is 55.5 Å². The van der Waals surface area contributed by atoms with Gasteiger partial charge in [0.2, 0.25) is 0 Å². The Morgan fingerprint density at radius 1 is 1.00 bits per heavy atom. The second-order valence-electron chi connectivity index (χ2n) is 8.50. The molecule has 0 spiro atoms. The van der Waals surface area contributed by atoms with Gasteiger partial charge in [0.05, 0.1) is 23.2 Å². The Hall–Kier alpha value is -3.48. The number of hydrogen-bond donors (Lipinski definition) is 0. The predicted molar refractivity (Wildman–Crippen MR) is 117 cm³/mol. The van der Waals surface area contributed by atoms with E-state index in [9.17, 15) is 19.2 Å². The molecule has 32 heavy (non-hydrogen) atoms. The van der Waals surface area contributed by atoms with Crippen LogP contribution in [0, 0.1) is 5.92 Å². The molecule has 2 aromatic rings. The van der Waals surface area contributed by atoms with Crippen LogP contribution in [0.4, 0.5) is 0 Å². The molecule has 2 heterocycles. The van der Waals surface area contributed by atoms with Gasteiger partial charge in [0.15, 0.2) is 6.10 Å². The van der Waals surface area contributed by atoms with Crippen molar-refractivity contribution < 1.29 is 23.9 Å². The Labute approximate surface area is 187 Å². The highest BCUT2D eigenvalue weighted by Crippen LogP contribution is 2.24. The molecule has 2 aliphatic rings. The van der Waals surface area contributed by atoms with Gasteiger partial charge in [0, 0.05) is 13.1 Å². The number of fused-ring (bicyclic) bond motifs is 1. The standard InChI is InChI=1S/C25H26N2O5/c1-16-10-12-26(13-11-16)22(28)17(2)32-25(31)19-7-5-6-18(14-19)15-27-23(29)20-8-3-4-9-21(20)24(27)30/h3-9,14,16-17H,10-13,15H2,1-2H3/t17-/m0/s1. The summed E-state index contributed by atoms with van der Waals surface area (Å²) in [4.78, 5) is 53.4. The summed E-state index contributed by atoms with van der Waals surface area (Å²) >= 11 is 0. The highest BCUT2D eigenvalue weighted by Gasteiger charge is 2.35. The molecule has 0 radical (unpaired) electrons. The number of carbonyl (C=O) groups excluding carboxylic acids is 4. The molecule has 0 aromatic heterocycles. The molecule has 0 N–H and O–H groups in total. The molecule has 1 atom stereocenters. The first kappa shape index (κ1) is 21.7. The van der Waals surface area contributed by atoms with Crippen molar-refractivity contribution in [1.82, 2.24) is 9.80 Å². The molecule has 1 fully saturated rings. The van der Waals surface area contributed by atoms with Crippen LogP contribution in [0.3, 0.4) is 0 Å². The Balaban J connectivity index is 1.41. The summed E-state index contributed by atoms with van der Waals surface area (Å²) < 4.78 is 5.42. The highest BCUT2D eigenvalue weighted by atomic mass is 16.5. The van der Waals surface area contributed by atoms with Gasteiger partial charge in [0.25, 0.3) is 17.7 Å². The second-order valence-corrected chi connectivity index (χ2v) is 8.50.